The third kappa shape index (κ3) is 3.28. The molecular weight excluding hydrogens is 319 g/mol. The Balaban J connectivity index is 2.09. The molecule has 8 heteroatoms. The van der Waals surface area contributed by atoms with Crippen molar-refractivity contribution in [3.8, 4) is 0 Å². The van der Waals surface area contributed by atoms with Gasteiger partial charge in [-0.2, -0.15) is 0 Å². The highest BCUT2D eigenvalue weighted by Crippen LogP contribution is 2.25. The Kier molecular flexibility index (Phi) is 4.69. The molecule has 1 atom stereocenters. The minimum Gasteiger partial charge on any atom is -0.449 e. The summed E-state index contributed by atoms with van der Waals surface area (Å²) in [6, 6.07) is 4.07. The molecule has 1 aliphatic heterocycles. The molecule has 0 spiro atoms. The number of carbonyl (C=O) groups excluding carboxylic acids is 3. The third-order valence-corrected chi connectivity index (χ3v) is 3.55. The number of halogens is 2. The molecule has 0 aromatic heterocycles. The Labute approximate surface area is 130 Å². The maximum absolute atomic E-state index is 12.0. The number of benzene rings is 1. The lowest BCUT2D eigenvalue weighted by Crippen LogP contribution is -2.41. The first kappa shape index (κ1) is 15.6. The van der Waals surface area contributed by atoms with Crippen LogP contribution in [0, 0.1) is 0 Å². The first-order valence-electron chi connectivity index (χ1n) is 6.16. The largest absolute Gasteiger partial charge is 0.449 e. The molecule has 0 saturated carbocycles. The molecule has 112 valence electrons. The van der Waals surface area contributed by atoms with Gasteiger partial charge < -0.3 is 10.1 Å². The Morgan fingerprint density at radius 3 is 2.48 bits per heavy atom. The van der Waals surface area contributed by atoms with E-state index in [1.54, 1.807) is 6.07 Å². The van der Waals surface area contributed by atoms with Crippen molar-refractivity contribution in [1.82, 2.24) is 10.2 Å². The van der Waals surface area contributed by atoms with Crippen LogP contribution in [0.4, 0.5) is 4.79 Å². The molecule has 1 heterocycles. The van der Waals surface area contributed by atoms with Gasteiger partial charge in [0.25, 0.3) is 5.91 Å². The van der Waals surface area contributed by atoms with Crippen molar-refractivity contribution in [2.75, 3.05) is 13.1 Å². The lowest BCUT2D eigenvalue weighted by Gasteiger charge is -2.18. The van der Waals surface area contributed by atoms with E-state index < -0.39 is 24.0 Å². The number of hydrogen-bond acceptors (Lipinski definition) is 4. The summed E-state index contributed by atoms with van der Waals surface area (Å²) in [5.41, 5.74) is -0.00800. The SMILES string of the molecule is CC(OC(=O)c1c(Cl)cccc1Cl)C(=O)N1CCNC1=O. The van der Waals surface area contributed by atoms with Crippen molar-refractivity contribution >= 4 is 41.1 Å². The van der Waals surface area contributed by atoms with Gasteiger partial charge in [0.05, 0.1) is 15.6 Å². The van der Waals surface area contributed by atoms with E-state index in [1.807, 2.05) is 0 Å². The third-order valence-electron chi connectivity index (χ3n) is 2.92. The second-order valence-corrected chi connectivity index (χ2v) is 5.18. The molecular formula is C13H12Cl2N2O4. The first-order chi connectivity index (χ1) is 9.91. The van der Waals surface area contributed by atoms with E-state index in [2.05, 4.69) is 5.32 Å². The zero-order chi connectivity index (χ0) is 15.6. The highest BCUT2D eigenvalue weighted by Gasteiger charge is 2.32. The second-order valence-electron chi connectivity index (χ2n) is 4.37. The van der Waals surface area contributed by atoms with Crippen molar-refractivity contribution in [3.05, 3.63) is 33.8 Å². The zero-order valence-corrected chi connectivity index (χ0v) is 12.6. The zero-order valence-electron chi connectivity index (χ0n) is 11.1. The monoisotopic (exact) mass is 330 g/mol. The van der Waals surface area contributed by atoms with E-state index in [0.717, 1.165) is 4.90 Å². The fourth-order valence-electron chi connectivity index (χ4n) is 1.86. The lowest BCUT2D eigenvalue weighted by molar-refractivity contribution is -0.136. The fraction of sp³-hybridized carbons (Fsp3) is 0.308. The Morgan fingerprint density at radius 1 is 1.33 bits per heavy atom. The fourth-order valence-corrected chi connectivity index (χ4v) is 2.42. The number of urea groups is 1. The molecule has 2 rings (SSSR count). The molecule has 1 aromatic rings. The van der Waals surface area contributed by atoms with Crippen LogP contribution < -0.4 is 5.32 Å². The average Bonchev–Trinajstić information content (AvgIpc) is 2.83. The summed E-state index contributed by atoms with van der Waals surface area (Å²) >= 11 is 11.8. The Hall–Kier alpha value is -1.79. The van der Waals surface area contributed by atoms with Crippen LogP contribution in [0.3, 0.4) is 0 Å². The number of ether oxygens (including phenoxy) is 1. The molecule has 1 N–H and O–H groups in total. The second kappa shape index (κ2) is 6.32. The van der Waals surface area contributed by atoms with Crippen LogP contribution in [-0.2, 0) is 9.53 Å². The number of imide groups is 1. The van der Waals surface area contributed by atoms with Gasteiger partial charge in [-0.15, -0.1) is 0 Å². The molecule has 1 saturated heterocycles. The molecule has 3 amide bonds. The quantitative estimate of drug-likeness (QED) is 0.861. The van der Waals surface area contributed by atoms with Crippen molar-refractivity contribution in [2.45, 2.75) is 13.0 Å². The summed E-state index contributed by atoms with van der Waals surface area (Å²) < 4.78 is 5.04. The highest BCUT2D eigenvalue weighted by atomic mass is 35.5. The van der Waals surface area contributed by atoms with E-state index in [9.17, 15) is 14.4 Å². The number of esters is 1. The van der Waals surface area contributed by atoms with Gasteiger partial charge >= 0.3 is 12.0 Å². The van der Waals surface area contributed by atoms with Gasteiger partial charge in [0.15, 0.2) is 6.10 Å². The smallest absolute Gasteiger partial charge is 0.341 e. The topological polar surface area (TPSA) is 75.7 Å². The van der Waals surface area contributed by atoms with Crippen molar-refractivity contribution < 1.29 is 19.1 Å². The number of nitrogens with zero attached hydrogens (tertiary/aromatic N) is 1. The minimum absolute atomic E-state index is 0.00800. The molecule has 1 fully saturated rings. The average molecular weight is 331 g/mol. The molecule has 1 aromatic carbocycles. The maximum Gasteiger partial charge on any atom is 0.341 e. The summed E-state index contributed by atoms with van der Waals surface area (Å²) in [6.45, 7) is 2.00. The van der Waals surface area contributed by atoms with Gasteiger partial charge in [0.1, 0.15) is 0 Å². The van der Waals surface area contributed by atoms with Crippen LogP contribution in [-0.4, -0.2) is 42.0 Å². The van der Waals surface area contributed by atoms with Gasteiger partial charge in [0, 0.05) is 13.1 Å². The van der Waals surface area contributed by atoms with Crippen LogP contribution in [0.5, 0.6) is 0 Å². The highest BCUT2D eigenvalue weighted by molar-refractivity contribution is 6.39. The van der Waals surface area contributed by atoms with Gasteiger partial charge in [-0.05, 0) is 19.1 Å². The molecule has 1 unspecified atom stereocenters. The Bertz CT molecular complexity index is 586. The van der Waals surface area contributed by atoms with Crippen LogP contribution in [0.1, 0.15) is 17.3 Å². The van der Waals surface area contributed by atoms with Crippen molar-refractivity contribution in [3.63, 3.8) is 0 Å². The van der Waals surface area contributed by atoms with Gasteiger partial charge in [0.2, 0.25) is 0 Å². The lowest BCUT2D eigenvalue weighted by atomic mass is 10.2. The molecule has 0 radical (unpaired) electrons. The molecule has 1 aliphatic rings. The van der Waals surface area contributed by atoms with E-state index >= 15 is 0 Å². The standard InChI is InChI=1S/C13H12Cl2N2O4/c1-7(11(18)17-6-5-16-13(17)20)21-12(19)10-8(14)3-2-4-9(10)15/h2-4,7H,5-6H2,1H3,(H,16,20). The van der Waals surface area contributed by atoms with E-state index in [0.29, 0.717) is 6.54 Å². The maximum atomic E-state index is 12.0. The van der Waals surface area contributed by atoms with Gasteiger partial charge in [-0.1, -0.05) is 29.3 Å². The number of amides is 3. The minimum atomic E-state index is -1.12. The summed E-state index contributed by atoms with van der Waals surface area (Å²) in [7, 11) is 0. The summed E-state index contributed by atoms with van der Waals surface area (Å²) in [5, 5.41) is 2.75. The van der Waals surface area contributed by atoms with Gasteiger partial charge in [-0.3, -0.25) is 9.69 Å². The normalized spacial score (nSPS) is 15.6. The summed E-state index contributed by atoms with van der Waals surface area (Å²) in [4.78, 5) is 36.4. The number of nitrogens with one attached hydrogen (secondary N) is 1. The molecule has 21 heavy (non-hydrogen) atoms. The molecule has 6 nitrogen and oxygen atoms in total. The van der Waals surface area contributed by atoms with Crippen LogP contribution in [0.2, 0.25) is 10.0 Å². The van der Waals surface area contributed by atoms with E-state index in [4.69, 9.17) is 27.9 Å². The predicted molar refractivity (Wildman–Crippen MR) is 76.5 cm³/mol. The van der Waals surface area contributed by atoms with Crippen LogP contribution >= 0.6 is 23.2 Å². The van der Waals surface area contributed by atoms with Gasteiger partial charge in [-0.25, -0.2) is 9.59 Å². The van der Waals surface area contributed by atoms with Crippen LogP contribution in [0.15, 0.2) is 18.2 Å². The first-order valence-corrected chi connectivity index (χ1v) is 6.91. The number of rotatable bonds is 3. The number of hydrogen-bond donors (Lipinski definition) is 1. The van der Waals surface area contributed by atoms with E-state index in [1.165, 1.54) is 19.1 Å². The van der Waals surface area contributed by atoms with Crippen molar-refractivity contribution in [2.24, 2.45) is 0 Å². The summed E-state index contributed by atoms with van der Waals surface area (Å²) in [5.74, 6) is -1.41. The Morgan fingerprint density at radius 2 is 1.95 bits per heavy atom. The van der Waals surface area contributed by atoms with Crippen LogP contribution in [0.25, 0.3) is 0 Å². The van der Waals surface area contributed by atoms with E-state index in [-0.39, 0.29) is 22.2 Å². The predicted octanol–water partition coefficient (Wildman–Crippen LogP) is 2.09. The summed E-state index contributed by atoms with van der Waals surface area (Å²) in [6.07, 6.45) is -1.12. The van der Waals surface area contributed by atoms with Crippen molar-refractivity contribution in [1.29, 1.82) is 0 Å². The molecule has 0 aliphatic carbocycles. The molecule has 0 bridgehead atoms. The number of carbonyl (C=O) groups is 3.